The van der Waals surface area contributed by atoms with Crippen molar-refractivity contribution in [1.82, 2.24) is 4.98 Å². The summed E-state index contributed by atoms with van der Waals surface area (Å²) in [6.07, 6.45) is 3.66. The lowest BCUT2D eigenvalue weighted by molar-refractivity contribution is -0.156. The van der Waals surface area contributed by atoms with E-state index in [4.69, 9.17) is 23.2 Å². The van der Waals surface area contributed by atoms with E-state index < -0.39 is 17.8 Å². The SMILES string of the molecule is Cc1sc(NC(=O)[C@@H]2C3CCC(CC3)[C@H]2C(=O)O)nc1-c1ccc(Cl)cc1Cl. The molecule has 2 bridgehead atoms. The zero-order valence-corrected chi connectivity index (χ0v) is 17.6. The van der Waals surface area contributed by atoms with Crippen LogP contribution >= 0.6 is 34.5 Å². The van der Waals surface area contributed by atoms with Crippen LogP contribution in [0.3, 0.4) is 0 Å². The number of amides is 1. The summed E-state index contributed by atoms with van der Waals surface area (Å²) in [4.78, 5) is 30.3. The largest absolute Gasteiger partial charge is 0.481 e. The number of nitrogens with zero attached hydrogens (tertiary/aromatic N) is 1. The third kappa shape index (κ3) is 3.53. The molecule has 0 spiro atoms. The molecule has 0 unspecified atom stereocenters. The van der Waals surface area contributed by atoms with Gasteiger partial charge in [-0.25, -0.2) is 4.98 Å². The van der Waals surface area contributed by atoms with Crippen LogP contribution in [0, 0.1) is 30.6 Å². The zero-order chi connectivity index (χ0) is 20.0. The number of halogens is 2. The highest BCUT2D eigenvalue weighted by atomic mass is 35.5. The highest BCUT2D eigenvalue weighted by Gasteiger charge is 2.50. The van der Waals surface area contributed by atoms with Gasteiger partial charge in [0.05, 0.1) is 22.6 Å². The number of benzene rings is 1. The number of aliphatic carboxylic acids is 1. The number of rotatable bonds is 4. The summed E-state index contributed by atoms with van der Waals surface area (Å²) in [5.41, 5.74) is 1.45. The quantitative estimate of drug-likeness (QED) is 0.659. The molecule has 0 aliphatic heterocycles. The van der Waals surface area contributed by atoms with E-state index in [1.54, 1.807) is 18.2 Å². The molecule has 2 N–H and O–H groups in total. The minimum absolute atomic E-state index is 0.0970. The number of nitrogens with one attached hydrogen (secondary N) is 1. The summed E-state index contributed by atoms with van der Waals surface area (Å²) < 4.78 is 0. The Morgan fingerprint density at radius 1 is 1.14 bits per heavy atom. The molecule has 1 amide bonds. The van der Waals surface area contributed by atoms with Gasteiger partial charge in [-0.05, 0) is 62.6 Å². The maximum Gasteiger partial charge on any atom is 0.307 e. The number of carboxylic acid groups (broad SMARTS) is 1. The molecule has 1 aromatic carbocycles. The first kappa shape index (κ1) is 19.7. The number of carbonyl (C=O) groups excluding carboxylic acids is 1. The van der Waals surface area contributed by atoms with E-state index in [2.05, 4.69) is 10.3 Å². The third-order valence-corrected chi connectivity index (χ3v) is 7.45. The number of hydrogen-bond donors (Lipinski definition) is 2. The van der Waals surface area contributed by atoms with Crippen LogP contribution in [0.5, 0.6) is 0 Å². The maximum absolute atomic E-state index is 13.0. The van der Waals surface area contributed by atoms with Crippen molar-refractivity contribution in [3.8, 4) is 11.3 Å². The van der Waals surface area contributed by atoms with E-state index in [-0.39, 0.29) is 17.7 Å². The van der Waals surface area contributed by atoms with Crippen molar-refractivity contribution in [2.24, 2.45) is 23.7 Å². The van der Waals surface area contributed by atoms with Gasteiger partial charge >= 0.3 is 5.97 Å². The average Bonchev–Trinajstić information content (AvgIpc) is 3.01. The van der Waals surface area contributed by atoms with Gasteiger partial charge in [0.2, 0.25) is 5.91 Å². The molecule has 1 heterocycles. The Morgan fingerprint density at radius 2 is 1.79 bits per heavy atom. The molecule has 3 fully saturated rings. The molecule has 2 atom stereocenters. The lowest BCUT2D eigenvalue weighted by Gasteiger charge is -2.45. The molecule has 148 valence electrons. The van der Waals surface area contributed by atoms with Crippen LogP contribution in [-0.2, 0) is 9.59 Å². The second kappa shape index (κ2) is 7.65. The van der Waals surface area contributed by atoms with Crippen molar-refractivity contribution in [2.75, 3.05) is 5.32 Å². The van der Waals surface area contributed by atoms with Gasteiger partial charge in [0.15, 0.2) is 5.13 Å². The Kier molecular flexibility index (Phi) is 5.38. The molecule has 5 nitrogen and oxygen atoms in total. The van der Waals surface area contributed by atoms with Crippen LogP contribution in [0.1, 0.15) is 30.6 Å². The average molecular weight is 439 g/mol. The van der Waals surface area contributed by atoms with Crippen LogP contribution < -0.4 is 5.32 Å². The fourth-order valence-electron chi connectivity index (χ4n) is 4.75. The van der Waals surface area contributed by atoms with Crippen molar-refractivity contribution in [2.45, 2.75) is 32.6 Å². The number of anilines is 1. The molecule has 1 aromatic heterocycles. The molecular formula is C20H20Cl2N2O3S. The van der Waals surface area contributed by atoms with Crippen LogP contribution in [0.2, 0.25) is 10.0 Å². The standard InChI is InChI=1S/C20H20Cl2N2O3S/c1-9-17(13-7-6-12(21)8-14(13)22)23-20(28-9)24-18(25)15-10-2-4-11(5-3-10)16(15)19(26)27/h6-8,10-11,15-16H,2-5H2,1H3,(H,26,27)(H,23,24,25)/t10?,11?,15-,16-/m1/s1. The number of hydrogen-bond acceptors (Lipinski definition) is 4. The predicted molar refractivity (Wildman–Crippen MR) is 111 cm³/mol. The minimum atomic E-state index is -0.862. The van der Waals surface area contributed by atoms with Crippen molar-refractivity contribution in [3.05, 3.63) is 33.1 Å². The molecule has 3 saturated carbocycles. The molecule has 3 aliphatic carbocycles. The van der Waals surface area contributed by atoms with Crippen molar-refractivity contribution < 1.29 is 14.7 Å². The minimum Gasteiger partial charge on any atom is -0.481 e. The monoisotopic (exact) mass is 438 g/mol. The van der Waals surface area contributed by atoms with Gasteiger partial charge in [-0.3, -0.25) is 9.59 Å². The first-order chi connectivity index (χ1) is 13.3. The number of aromatic nitrogens is 1. The summed E-state index contributed by atoms with van der Waals surface area (Å²) in [5.74, 6) is -1.95. The first-order valence-electron chi connectivity index (χ1n) is 9.31. The summed E-state index contributed by atoms with van der Waals surface area (Å²) in [5, 5.41) is 14.1. The second-order valence-electron chi connectivity index (χ2n) is 7.60. The second-order valence-corrected chi connectivity index (χ2v) is 9.65. The van der Waals surface area contributed by atoms with Crippen molar-refractivity contribution in [3.63, 3.8) is 0 Å². The highest BCUT2D eigenvalue weighted by molar-refractivity contribution is 7.16. The lowest BCUT2D eigenvalue weighted by atomic mass is 9.58. The van der Waals surface area contributed by atoms with Crippen LogP contribution in [0.15, 0.2) is 18.2 Å². The van der Waals surface area contributed by atoms with Crippen LogP contribution in [0.4, 0.5) is 5.13 Å². The molecule has 2 aromatic rings. The Morgan fingerprint density at radius 3 is 2.39 bits per heavy atom. The summed E-state index contributed by atoms with van der Waals surface area (Å²) >= 11 is 13.6. The Balaban J connectivity index is 1.58. The molecule has 0 saturated heterocycles. The lowest BCUT2D eigenvalue weighted by Crippen LogP contribution is -2.49. The molecule has 28 heavy (non-hydrogen) atoms. The Hall–Kier alpha value is -1.63. The molecular weight excluding hydrogens is 419 g/mol. The van der Waals surface area contributed by atoms with Crippen LogP contribution in [-0.4, -0.2) is 22.0 Å². The van der Waals surface area contributed by atoms with Gasteiger partial charge < -0.3 is 10.4 Å². The fraction of sp³-hybridized carbons (Fsp3) is 0.450. The topological polar surface area (TPSA) is 79.3 Å². The van der Waals surface area contributed by atoms with Crippen molar-refractivity contribution in [1.29, 1.82) is 0 Å². The third-order valence-electron chi connectivity index (χ3n) is 6.02. The van der Waals surface area contributed by atoms with E-state index in [0.717, 1.165) is 36.1 Å². The van der Waals surface area contributed by atoms with E-state index >= 15 is 0 Å². The Bertz CT molecular complexity index is 938. The molecule has 0 radical (unpaired) electrons. The van der Waals surface area contributed by atoms with Gasteiger partial charge in [0.1, 0.15) is 0 Å². The first-order valence-corrected chi connectivity index (χ1v) is 10.9. The normalized spacial score (nSPS) is 26.2. The van der Waals surface area contributed by atoms with Crippen molar-refractivity contribution >= 4 is 51.5 Å². The maximum atomic E-state index is 13.0. The van der Waals surface area contributed by atoms with Gasteiger partial charge in [-0.1, -0.05) is 23.2 Å². The fourth-order valence-corrected chi connectivity index (χ4v) is 6.08. The van der Waals surface area contributed by atoms with Gasteiger partial charge in [0.25, 0.3) is 0 Å². The van der Waals surface area contributed by atoms with Gasteiger partial charge in [-0.2, -0.15) is 0 Å². The number of carbonyl (C=O) groups is 2. The summed E-state index contributed by atoms with van der Waals surface area (Å²) in [6, 6.07) is 5.21. The number of aryl methyl sites for hydroxylation is 1. The van der Waals surface area contributed by atoms with E-state index in [9.17, 15) is 14.7 Å². The highest BCUT2D eigenvalue weighted by Crippen LogP contribution is 2.49. The zero-order valence-electron chi connectivity index (χ0n) is 15.2. The Labute approximate surface area is 177 Å². The van der Waals surface area contributed by atoms with Gasteiger partial charge in [0, 0.05) is 15.5 Å². The number of carboxylic acids is 1. The van der Waals surface area contributed by atoms with E-state index in [1.165, 1.54) is 11.3 Å². The summed E-state index contributed by atoms with van der Waals surface area (Å²) in [6.45, 7) is 1.91. The van der Waals surface area contributed by atoms with E-state index in [1.807, 2.05) is 6.92 Å². The molecule has 5 rings (SSSR count). The molecule has 3 aliphatic rings. The van der Waals surface area contributed by atoms with Gasteiger partial charge in [-0.15, -0.1) is 11.3 Å². The molecule has 8 heteroatoms. The number of fused-ring (bicyclic) bond motifs is 3. The van der Waals surface area contributed by atoms with Crippen LogP contribution in [0.25, 0.3) is 11.3 Å². The predicted octanol–water partition coefficient (Wildman–Crippen LogP) is 5.50. The number of thiazole rings is 1. The smallest absolute Gasteiger partial charge is 0.307 e. The van der Waals surface area contributed by atoms with E-state index in [0.29, 0.717) is 20.9 Å². The summed E-state index contributed by atoms with van der Waals surface area (Å²) in [7, 11) is 0.